The zero-order valence-electron chi connectivity index (χ0n) is 11.7. The molecular formula is C14H22N2O3. The molecule has 0 saturated carbocycles. The number of aliphatic hydroxyl groups excluding tert-OH is 1. The van der Waals surface area contributed by atoms with Crippen molar-refractivity contribution < 1.29 is 14.6 Å². The number of methoxy groups -OCH3 is 1. The summed E-state index contributed by atoms with van der Waals surface area (Å²) in [6.45, 7) is 5.03. The van der Waals surface area contributed by atoms with Crippen LogP contribution < -0.4 is 15.4 Å². The second-order valence-electron chi connectivity index (χ2n) is 4.45. The van der Waals surface area contributed by atoms with Crippen LogP contribution in [-0.2, 0) is 4.79 Å². The first kappa shape index (κ1) is 15.5. The number of aliphatic hydroxyl groups is 1. The number of aryl methyl sites for hydroxylation is 1. The van der Waals surface area contributed by atoms with Crippen LogP contribution in [0.3, 0.4) is 0 Å². The Hall–Kier alpha value is -1.59. The third-order valence-corrected chi connectivity index (χ3v) is 2.76. The minimum Gasteiger partial charge on any atom is -0.496 e. The molecule has 0 bridgehead atoms. The average Bonchev–Trinajstić information content (AvgIpc) is 2.37. The van der Waals surface area contributed by atoms with E-state index in [0.29, 0.717) is 25.4 Å². The third-order valence-electron chi connectivity index (χ3n) is 2.76. The molecule has 3 N–H and O–H groups in total. The van der Waals surface area contributed by atoms with Crippen molar-refractivity contribution in [1.29, 1.82) is 0 Å². The van der Waals surface area contributed by atoms with E-state index in [0.717, 1.165) is 11.1 Å². The Morgan fingerprint density at radius 2 is 2.16 bits per heavy atom. The highest BCUT2D eigenvalue weighted by molar-refractivity contribution is 5.72. The molecule has 0 aliphatic heterocycles. The van der Waals surface area contributed by atoms with Gasteiger partial charge in [0.15, 0.2) is 0 Å². The highest BCUT2D eigenvalue weighted by Gasteiger charge is 2.12. The van der Waals surface area contributed by atoms with Gasteiger partial charge in [0.1, 0.15) is 5.75 Å². The molecule has 1 rings (SSSR count). The molecule has 0 aliphatic carbocycles. The molecule has 0 radical (unpaired) electrons. The maximum absolute atomic E-state index is 10.7. The van der Waals surface area contributed by atoms with Crippen LogP contribution in [0.2, 0.25) is 0 Å². The number of carbonyl (C=O) groups is 1. The predicted octanol–water partition coefficient (Wildman–Crippen LogP) is 0.763. The summed E-state index contributed by atoms with van der Waals surface area (Å²) in [5, 5.41) is 15.9. The van der Waals surface area contributed by atoms with Crippen LogP contribution in [-0.4, -0.2) is 37.8 Å². The van der Waals surface area contributed by atoms with Crippen molar-refractivity contribution in [1.82, 2.24) is 10.6 Å². The standard InChI is InChI=1S/C14H22N2O3/c1-10-4-5-14(19-3)12(8-10)13(18)9-15-6-7-16-11(2)17/h4-5,8,13,15,18H,6-7,9H2,1-3H3,(H,16,17). The van der Waals surface area contributed by atoms with E-state index in [-0.39, 0.29) is 5.91 Å². The smallest absolute Gasteiger partial charge is 0.216 e. The van der Waals surface area contributed by atoms with Gasteiger partial charge in [-0.05, 0) is 19.1 Å². The van der Waals surface area contributed by atoms with Crippen molar-refractivity contribution in [2.45, 2.75) is 20.0 Å². The Morgan fingerprint density at radius 1 is 1.42 bits per heavy atom. The second-order valence-corrected chi connectivity index (χ2v) is 4.45. The molecule has 0 fully saturated rings. The number of nitrogens with one attached hydrogen (secondary N) is 2. The maximum Gasteiger partial charge on any atom is 0.216 e. The van der Waals surface area contributed by atoms with Gasteiger partial charge in [-0.15, -0.1) is 0 Å². The van der Waals surface area contributed by atoms with Crippen LogP contribution in [0, 0.1) is 6.92 Å². The number of benzene rings is 1. The predicted molar refractivity (Wildman–Crippen MR) is 74.2 cm³/mol. The molecule has 0 aliphatic rings. The lowest BCUT2D eigenvalue weighted by atomic mass is 10.1. The number of hydrogen-bond donors (Lipinski definition) is 3. The normalized spacial score (nSPS) is 12.0. The first-order chi connectivity index (χ1) is 9.04. The minimum atomic E-state index is -0.632. The molecule has 5 heteroatoms. The summed E-state index contributed by atoms with van der Waals surface area (Å²) in [6.07, 6.45) is -0.632. The first-order valence-electron chi connectivity index (χ1n) is 6.32. The Kier molecular flexibility index (Phi) is 6.32. The minimum absolute atomic E-state index is 0.0531. The molecule has 1 unspecified atom stereocenters. The Balaban J connectivity index is 2.46. The van der Waals surface area contributed by atoms with E-state index in [4.69, 9.17) is 4.74 Å². The molecule has 0 aromatic heterocycles. The van der Waals surface area contributed by atoms with Crippen molar-refractivity contribution in [3.63, 3.8) is 0 Å². The SMILES string of the molecule is COc1ccc(C)cc1C(O)CNCCNC(C)=O. The van der Waals surface area contributed by atoms with Gasteiger partial charge in [-0.3, -0.25) is 4.79 Å². The number of carbonyl (C=O) groups excluding carboxylic acids is 1. The van der Waals surface area contributed by atoms with Gasteiger partial charge in [0.2, 0.25) is 5.91 Å². The number of hydrogen-bond acceptors (Lipinski definition) is 4. The van der Waals surface area contributed by atoms with Crippen LogP contribution in [0.4, 0.5) is 0 Å². The van der Waals surface area contributed by atoms with Crippen molar-refractivity contribution in [3.8, 4) is 5.75 Å². The summed E-state index contributed by atoms with van der Waals surface area (Å²) in [6, 6.07) is 5.71. The van der Waals surface area contributed by atoms with Gasteiger partial charge < -0.3 is 20.5 Å². The fraction of sp³-hybridized carbons (Fsp3) is 0.500. The maximum atomic E-state index is 10.7. The monoisotopic (exact) mass is 266 g/mol. The highest BCUT2D eigenvalue weighted by Crippen LogP contribution is 2.25. The van der Waals surface area contributed by atoms with Gasteiger partial charge in [0.05, 0.1) is 13.2 Å². The number of amides is 1. The lowest BCUT2D eigenvalue weighted by Crippen LogP contribution is -2.32. The fourth-order valence-electron chi connectivity index (χ4n) is 1.79. The van der Waals surface area contributed by atoms with Crippen LogP contribution >= 0.6 is 0 Å². The highest BCUT2D eigenvalue weighted by atomic mass is 16.5. The van der Waals surface area contributed by atoms with Gasteiger partial charge in [-0.2, -0.15) is 0 Å². The molecular weight excluding hydrogens is 244 g/mol. The molecule has 1 amide bonds. The van der Waals surface area contributed by atoms with Crippen molar-refractivity contribution in [3.05, 3.63) is 29.3 Å². The van der Waals surface area contributed by atoms with E-state index in [1.165, 1.54) is 6.92 Å². The van der Waals surface area contributed by atoms with Gasteiger partial charge >= 0.3 is 0 Å². The van der Waals surface area contributed by atoms with E-state index in [9.17, 15) is 9.90 Å². The topological polar surface area (TPSA) is 70.6 Å². The van der Waals surface area contributed by atoms with Gasteiger partial charge in [0, 0.05) is 32.1 Å². The lowest BCUT2D eigenvalue weighted by molar-refractivity contribution is -0.118. The van der Waals surface area contributed by atoms with Crippen LogP contribution in [0.15, 0.2) is 18.2 Å². The zero-order chi connectivity index (χ0) is 14.3. The van der Waals surface area contributed by atoms with Crippen LogP contribution in [0.1, 0.15) is 24.2 Å². The van der Waals surface area contributed by atoms with E-state index in [1.807, 2.05) is 25.1 Å². The molecule has 19 heavy (non-hydrogen) atoms. The van der Waals surface area contributed by atoms with Gasteiger partial charge in [-0.1, -0.05) is 11.6 Å². The van der Waals surface area contributed by atoms with Crippen LogP contribution in [0.25, 0.3) is 0 Å². The van der Waals surface area contributed by atoms with E-state index >= 15 is 0 Å². The van der Waals surface area contributed by atoms with Gasteiger partial charge in [-0.25, -0.2) is 0 Å². The summed E-state index contributed by atoms with van der Waals surface area (Å²) in [5.41, 5.74) is 1.85. The molecule has 106 valence electrons. The zero-order valence-corrected chi connectivity index (χ0v) is 11.7. The quantitative estimate of drug-likeness (QED) is 0.637. The average molecular weight is 266 g/mol. The van der Waals surface area contributed by atoms with E-state index < -0.39 is 6.10 Å². The summed E-state index contributed by atoms with van der Waals surface area (Å²) >= 11 is 0. The lowest BCUT2D eigenvalue weighted by Gasteiger charge is -2.16. The van der Waals surface area contributed by atoms with Crippen molar-refractivity contribution in [2.24, 2.45) is 0 Å². The van der Waals surface area contributed by atoms with Crippen LogP contribution in [0.5, 0.6) is 5.75 Å². The second kappa shape index (κ2) is 7.76. The van der Waals surface area contributed by atoms with E-state index in [1.54, 1.807) is 7.11 Å². The molecule has 1 aromatic carbocycles. The number of rotatable bonds is 7. The Bertz CT molecular complexity index is 421. The fourth-order valence-corrected chi connectivity index (χ4v) is 1.79. The molecule has 0 heterocycles. The Labute approximate surface area is 114 Å². The van der Waals surface area contributed by atoms with Gasteiger partial charge in [0.25, 0.3) is 0 Å². The van der Waals surface area contributed by atoms with E-state index in [2.05, 4.69) is 10.6 Å². The molecule has 0 spiro atoms. The summed E-state index contributed by atoms with van der Waals surface area (Å²) in [4.78, 5) is 10.7. The largest absolute Gasteiger partial charge is 0.496 e. The first-order valence-corrected chi connectivity index (χ1v) is 6.32. The summed E-state index contributed by atoms with van der Waals surface area (Å²) in [7, 11) is 1.59. The van der Waals surface area contributed by atoms with Crippen molar-refractivity contribution >= 4 is 5.91 Å². The molecule has 0 saturated heterocycles. The summed E-state index contributed by atoms with van der Waals surface area (Å²) < 4.78 is 5.24. The number of ether oxygens (including phenoxy) is 1. The molecule has 1 atom stereocenters. The Morgan fingerprint density at radius 3 is 2.79 bits per heavy atom. The van der Waals surface area contributed by atoms with Crippen molar-refractivity contribution in [2.75, 3.05) is 26.7 Å². The third kappa shape index (κ3) is 5.28. The molecule has 1 aromatic rings. The summed E-state index contributed by atoms with van der Waals surface area (Å²) in [5.74, 6) is 0.629. The molecule has 5 nitrogen and oxygen atoms in total.